The Kier molecular flexibility index (Phi) is 7.91. The molecule has 0 radical (unpaired) electrons. The van der Waals surface area contributed by atoms with E-state index in [0.29, 0.717) is 42.9 Å². The van der Waals surface area contributed by atoms with Gasteiger partial charge in [-0.2, -0.15) is 5.10 Å². The number of benzene rings is 1. The molecule has 1 aliphatic heterocycles. The fourth-order valence-corrected chi connectivity index (χ4v) is 6.40. The third-order valence-corrected chi connectivity index (χ3v) is 9.05. The van der Waals surface area contributed by atoms with Crippen LogP contribution in [0.25, 0.3) is 16.6 Å². The van der Waals surface area contributed by atoms with E-state index in [1.165, 1.54) is 0 Å². The summed E-state index contributed by atoms with van der Waals surface area (Å²) in [7, 11) is 0. The molecule has 0 spiro atoms. The average molecular weight is 592 g/mol. The van der Waals surface area contributed by atoms with Gasteiger partial charge < -0.3 is 4.74 Å². The van der Waals surface area contributed by atoms with Crippen LogP contribution in [0.4, 0.5) is 0 Å². The van der Waals surface area contributed by atoms with Crippen LogP contribution in [0, 0.1) is 6.92 Å². The van der Waals surface area contributed by atoms with Crippen LogP contribution in [0.15, 0.2) is 60.9 Å². The number of rotatable bonds is 11. The van der Waals surface area contributed by atoms with Gasteiger partial charge in [0.25, 0.3) is 0 Å². The van der Waals surface area contributed by atoms with Crippen molar-refractivity contribution in [2.75, 3.05) is 39.3 Å². The summed E-state index contributed by atoms with van der Waals surface area (Å²) < 4.78 is 10.0. The number of ketones is 1. The van der Waals surface area contributed by atoms with Gasteiger partial charge in [0.1, 0.15) is 23.7 Å². The van der Waals surface area contributed by atoms with Crippen molar-refractivity contribution >= 4 is 22.3 Å². The van der Waals surface area contributed by atoms with E-state index in [2.05, 4.69) is 45.4 Å². The monoisotopic (exact) mass is 591 g/mol. The minimum atomic E-state index is 0.0362. The fourth-order valence-electron chi connectivity index (χ4n) is 6.40. The van der Waals surface area contributed by atoms with Crippen molar-refractivity contribution in [3.8, 4) is 5.75 Å². The van der Waals surface area contributed by atoms with Crippen molar-refractivity contribution in [3.05, 3.63) is 89.3 Å². The highest BCUT2D eigenvalue weighted by atomic mass is 16.5. The maximum atomic E-state index is 13.7. The summed E-state index contributed by atoms with van der Waals surface area (Å²) in [5.74, 6) is 1.27. The maximum absolute atomic E-state index is 13.7. The van der Waals surface area contributed by atoms with Crippen molar-refractivity contribution in [2.24, 2.45) is 0 Å². The molecule has 4 aromatic heterocycles. The number of imidazole rings is 1. The smallest absolute Gasteiger partial charge is 0.185 e. The number of aromatic nitrogens is 5. The molecule has 0 atom stereocenters. The summed E-state index contributed by atoms with van der Waals surface area (Å²) in [6.45, 7) is 13.0. The number of fused-ring (bicyclic) bond motifs is 2. The Morgan fingerprint density at radius 2 is 1.86 bits per heavy atom. The van der Waals surface area contributed by atoms with Crippen molar-refractivity contribution in [1.82, 2.24) is 33.9 Å². The zero-order valence-corrected chi connectivity index (χ0v) is 25.9. The quantitative estimate of drug-likeness (QED) is 0.197. The van der Waals surface area contributed by atoms with E-state index >= 15 is 0 Å². The van der Waals surface area contributed by atoms with Crippen LogP contribution in [0.3, 0.4) is 0 Å². The van der Waals surface area contributed by atoms with E-state index in [-0.39, 0.29) is 5.78 Å². The van der Waals surface area contributed by atoms with Crippen molar-refractivity contribution in [1.29, 1.82) is 0 Å². The Balaban J connectivity index is 1.05. The normalized spacial score (nSPS) is 16.4. The first kappa shape index (κ1) is 28.7. The summed E-state index contributed by atoms with van der Waals surface area (Å²) in [6, 6.07) is 16.8. The van der Waals surface area contributed by atoms with Crippen molar-refractivity contribution in [2.45, 2.75) is 58.5 Å². The number of Topliss-reactive ketones (excluding diaryl/α,β-unsaturated/α-hetero) is 1. The number of piperazine rings is 1. The predicted molar refractivity (Wildman–Crippen MR) is 172 cm³/mol. The molecule has 5 heterocycles. The van der Waals surface area contributed by atoms with E-state index < -0.39 is 0 Å². The lowest BCUT2D eigenvalue weighted by Crippen LogP contribution is -2.49. The zero-order chi connectivity index (χ0) is 30.2. The second-order valence-corrected chi connectivity index (χ2v) is 12.6. The lowest BCUT2D eigenvalue weighted by Gasteiger charge is -2.36. The molecular weight excluding hydrogens is 550 g/mol. The van der Waals surface area contributed by atoms with Crippen LogP contribution >= 0.6 is 0 Å². The molecule has 0 amide bonds. The van der Waals surface area contributed by atoms with Gasteiger partial charge in [-0.05, 0) is 63.4 Å². The van der Waals surface area contributed by atoms with Gasteiger partial charge >= 0.3 is 0 Å². The number of carbonyl (C=O) groups excluding carboxylic acids is 1. The number of pyridine rings is 2. The standard InChI is InChI=1S/C35H41N7O2/c1-24(2)40-16-14-39(15-17-40)18-19-44-29-12-13-41-31(22-36-33(41)21-29)32(43)20-27-7-5-9-30-34(27)35(26-10-11-26)38-42(30)23-28-8-4-6-25(3)37-28/h4-9,12-13,21-22,24,26H,10-11,14-20,23H2,1-3H3. The SMILES string of the molecule is Cc1cccc(Cn2nc(C3CC3)c3c(CC(=O)c4cnc5cc(OCCN6CCN(C(C)C)CC6)ccn45)cccc32)n1. The van der Waals surface area contributed by atoms with Crippen LogP contribution in [-0.4, -0.2) is 85.1 Å². The minimum Gasteiger partial charge on any atom is -0.492 e. The van der Waals surface area contributed by atoms with Crippen LogP contribution < -0.4 is 4.74 Å². The lowest BCUT2D eigenvalue weighted by atomic mass is 10.00. The first-order valence-corrected chi connectivity index (χ1v) is 15.9. The molecule has 0 bridgehead atoms. The van der Waals surface area contributed by atoms with E-state index in [4.69, 9.17) is 14.8 Å². The number of hydrogen-bond donors (Lipinski definition) is 0. The topological polar surface area (TPSA) is 80.8 Å². The molecule has 9 heteroatoms. The molecule has 1 saturated carbocycles. The maximum Gasteiger partial charge on any atom is 0.185 e. The van der Waals surface area contributed by atoms with Gasteiger partial charge in [-0.25, -0.2) is 4.98 Å². The van der Waals surface area contributed by atoms with Crippen molar-refractivity contribution in [3.63, 3.8) is 0 Å². The van der Waals surface area contributed by atoms with Crippen LogP contribution in [-0.2, 0) is 13.0 Å². The lowest BCUT2D eigenvalue weighted by molar-refractivity contribution is 0.0970. The molecule has 0 N–H and O–H groups in total. The number of hydrogen-bond acceptors (Lipinski definition) is 7. The molecule has 7 rings (SSSR count). The largest absolute Gasteiger partial charge is 0.492 e. The molecule has 1 aromatic carbocycles. The second kappa shape index (κ2) is 12.1. The third kappa shape index (κ3) is 5.99. The molecule has 0 unspecified atom stereocenters. The first-order chi connectivity index (χ1) is 21.4. The highest BCUT2D eigenvalue weighted by molar-refractivity contribution is 5.99. The number of aryl methyl sites for hydroxylation is 1. The third-order valence-electron chi connectivity index (χ3n) is 9.05. The van der Waals surface area contributed by atoms with Gasteiger partial charge in [0.2, 0.25) is 0 Å². The summed E-state index contributed by atoms with van der Waals surface area (Å²) in [6.07, 6.45) is 6.16. The Bertz CT molecular complexity index is 1790. The van der Waals surface area contributed by atoms with Crippen molar-refractivity contribution < 1.29 is 9.53 Å². The Hall–Kier alpha value is -4.08. The Labute approximate surface area is 258 Å². The minimum absolute atomic E-state index is 0.0362. The number of nitrogens with zero attached hydrogens (tertiary/aromatic N) is 7. The molecule has 1 saturated heterocycles. The van der Waals surface area contributed by atoms with Gasteiger partial charge in [-0.3, -0.25) is 28.7 Å². The number of carbonyl (C=O) groups is 1. The molecular formula is C35H41N7O2. The van der Waals surface area contributed by atoms with Gasteiger partial charge in [0.05, 0.1) is 29.6 Å². The first-order valence-electron chi connectivity index (χ1n) is 15.9. The second-order valence-electron chi connectivity index (χ2n) is 12.6. The molecule has 2 fully saturated rings. The van der Waals surface area contributed by atoms with Gasteiger partial charge in [0.15, 0.2) is 5.78 Å². The van der Waals surface area contributed by atoms with Crippen LogP contribution in [0.5, 0.6) is 5.75 Å². The zero-order valence-electron chi connectivity index (χ0n) is 25.9. The van der Waals surface area contributed by atoms with E-state index in [9.17, 15) is 4.79 Å². The summed E-state index contributed by atoms with van der Waals surface area (Å²) >= 11 is 0. The summed E-state index contributed by atoms with van der Waals surface area (Å²) in [5, 5.41) is 6.18. The summed E-state index contributed by atoms with van der Waals surface area (Å²) in [5.41, 5.74) is 6.46. The van der Waals surface area contributed by atoms with Gasteiger partial charge in [-0.1, -0.05) is 18.2 Å². The molecule has 9 nitrogen and oxygen atoms in total. The molecule has 1 aliphatic carbocycles. The van der Waals surface area contributed by atoms with E-state index in [1.54, 1.807) is 6.20 Å². The van der Waals surface area contributed by atoms with Gasteiger partial charge in [-0.15, -0.1) is 0 Å². The fraction of sp³-hybridized carbons (Fsp3) is 0.429. The Morgan fingerprint density at radius 3 is 2.64 bits per heavy atom. The highest BCUT2D eigenvalue weighted by Gasteiger charge is 2.31. The highest BCUT2D eigenvalue weighted by Crippen LogP contribution is 2.43. The van der Waals surface area contributed by atoms with E-state index in [0.717, 1.165) is 84.9 Å². The van der Waals surface area contributed by atoms with Crippen LogP contribution in [0.1, 0.15) is 65.7 Å². The van der Waals surface area contributed by atoms with Crippen LogP contribution in [0.2, 0.25) is 0 Å². The molecule has 44 heavy (non-hydrogen) atoms. The number of ether oxygens (including phenoxy) is 1. The van der Waals surface area contributed by atoms with E-state index in [1.807, 2.05) is 53.9 Å². The molecule has 5 aromatic rings. The predicted octanol–water partition coefficient (Wildman–Crippen LogP) is 5.14. The average Bonchev–Trinajstić information content (AvgIpc) is 3.67. The molecule has 2 aliphatic rings. The van der Waals surface area contributed by atoms with Gasteiger partial charge in [0, 0.05) is 74.4 Å². The Morgan fingerprint density at radius 1 is 1.05 bits per heavy atom. The molecule has 228 valence electrons. The summed E-state index contributed by atoms with van der Waals surface area (Å²) in [4.78, 5) is 28.0.